The summed E-state index contributed by atoms with van der Waals surface area (Å²) in [6.45, 7) is 5.60. The molecule has 1 N–H and O–H groups in total. The fourth-order valence-corrected chi connectivity index (χ4v) is 3.93. The molecular formula is C23H26N4O4. The zero-order chi connectivity index (χ0) is 22.1. The fraction of sp³-hybridized carbons (Fsp3) is 0.391. The van der Waals surface area contributed by atoms with Crippen LogP contribution in [0.1, 0.15) is 49.6 Å². The average Bonchev–Trinajstić information content (AvgIpc) is 3.45. The minimum Gasteiger partial charge on any atom is -0.467 e. The quantitative estimate of drug-likeness (QED) is 0.723. The molecule has 162 valence electrons. The molecule has 3 heterocycles. The number of nitrogens with zero attached hydrogens (tertiary/aromatic N) is 3. The Morgan fingerprint density at radius 1 is 1.23 bits per heavy atom. The molecule has 8 nitrogen and oxygen atoms in total. The molecule has 0 radical (unpaired) electrons. The maximum Gasteiger partial charge on any atom is 0.325 e. The lowest BCUT2D eigenvalue weighted by Gasteiger charge is -2.22. The second-order valence-corrected chi connectivity index (χ2v) is 8.44. The standard InChI is InChI=1S/C23H26N4O4/c1-14(2)11-18-22(29)26(23(30)24-18)13-21(28)27-19(20-5-4-10-31-20)12-17(25-27)16-8-6-15(3)7-9-16/h4-10,14,18-19H,11-13H2,1-3H3,(H,24,30). The third-order valence-corrected chi connectivity index (χ3v) is 5.53. The van der Waals surface area contributed by atoms with Gasteiger partial charge < -0.3 is 9.73 Å². The Morgan fingerprint density at radius 2 is 1.97 bits per heavy atom. The van der Waals surface area contributed by atoms with E-state index in [1.54, 1.807) is 18.4 Å². The van der Waals surface area contributed by atoms with Crippen molar-refractivity contribution >= 4 is 23.6 Å². The molecule has 4 amide bonds. The zero-order valence-electron chi connectivity index (χ0n) is 17.9. The minimum absolute atomic E-state index is 0.244. The van der Waals surface area contributed by atoms with Gasteiger partial charge in [-0.1, -0.05) is 43.7 Å². The number of carbonyl (C=O) groups is 3. The summed E-state index contributed by atoms with van der Waals surface area (Å²) in [4.78, 5) is 39.1. The summed E-state index contributed by atoms with van der Waals surface area (Å²) in [5.74, 6) is 0.0447. The van der Waals surface area contributed by atoms with E-state index in [1.165, 1.54) is 5.01 Å². The van der Waals surface area contributed by atoms with Crippen molar-refractivity contribution in [1.29, 1.82) is 0 Å². The van der Waals surface area contributed by atoms with Crippen molar-refractivity contribution in [1.82, 2.24) is 15.2 Å². The van der Waals surface area contributed by atoms with Crippen LogP contribution in [0.4, 0.5) is 4.79 Å². The number of hydrogen-bond acceptors (Lipinski definition) is 5. The van der Waals surface area contributed by atoms with Crippen LogP contribution in [0.15, 0.2) is 52.2 Å². The van der Waals surface area contributed by atoms with Crippen LogP contribution in [0.25, 0.3) is 0 Å². The average molecular weight is 422 g/mol. The third kappa shape index (κ3) is 4.23. The first-order chi connectivity index (χ1) is 14.8. The van der Waals surface area contributed by atoms with Crippen molar-refractivity contribution in [3.63, 3.8) is 0 Å². The molecule has 1 saturated heterocycles. The van der Waals surface area contributed by atoms with Gasteiger partial charge in [0.25, 0.3) is 11.8 Å². The normalized spacial score (nSPS) is 21.1. The van der Waals surface area contributed by atoms with E-state index in [2.05, 4.69) is 10.4 Å². The predicted octanol–water partition coefficient (Wildman–Crippen LogP) is 3.23. The van der Waals surface area contributed by atoms with Crippen LogP contribution in [0.3, 0.4) is 0 Å². The lowest BCUT2D eigenvalue weighted by atomic mass is 10.0. The Hall–Kier alpha value is -3.42. The van der Waals surface area contributed by atoms with Crippen LogP contribution in [0.5, 0.6) is 0 Å². The van der Waals surface area contributed by atoms with Gasteiger partial charge in [0.15, 0.2) is 0 Å². The summed E-state index contributed by atoms with van der Waals surface area (Å²) in [6.07, 6.45) is 2.57. The van der Waals surface area contributed by atoms with Crippen molar-refractivity contribution in [2.75, 3.05) is 6.54 Å². The number of hydrazone groups is 1. The third-order valence-electron chi connectivity index (χ3n) is 5.53. The Balaban J connectivity index is 1.56. The number of nitrogens with one attached hydrogen (secondary N) is 1. The highest BCUT2D eigenvalue weighted by atomic mass is 16.3. The van der Waals surface area contributed by atoms with E-state index in [1.807, 2.05) is 45.0 Å². The Morgan fingerprint density at radius 3 is 2.61 bits per heavy atom. The van der Waals surface area contributed by atoms with Gasteiger partial charge in [-0.25, -0.2) is 9.80 Å². The molecule has 2 unspecified atom stereocenters. The molecule has 1 fully saturated rings. The Bertz CT molecular complexity index is 1010. The molecule has 0 aliphatic carbocycles. The first-order valence-corrected chi connectivity index (χ1v) is 10.5. The van der Waals surface area contributed by atoms with Gasteiger partial charge in [0, 0.05) is 6.42 Å². The van der Waals surface area contributed by atoms with Gasteiger partial charge >= 0.3 is 6.03 Å². The van der Waals surface area contributed by atoms with Gasteiger partial charge in [-0.2, -0.15) is 5.10 Å². The van der Waals surface area contributed by atoms with Gasteiger partial charge in [0.1, 0.15) is 24.4 Å². The van der Waals surface area contributed by atoms with Crippen LogP contribution < -0.4 is 5.32 Å². The van der Waals surface area contributed by atoms with Crippen LogP contribution in [0.2, 0.25) is 0 Å². The topological polar surface area (TPSA) is 95.2 Å². The van der Waals surface area contributed by atoms with E-state index in [-0.39, 0.29) is 18.4 Å². The number of rotatable bonds is 6. The summed E-state index contributed by atoms with van der Waals surface area (Å²) < 4.78 is 5.55. The van der Waals surface area contributed by atoms with Crippen molar-refractivity contribution in [2.24, 2.45) is 11.0 Å². The molecule has 2 aliphatic heterocycles. The highest BCUT2D eigenvalue weighted by Crippen LogP contribution is 2.33. The first kappa shape index (κ1) is 20.8. The molecule has 0 bridgehead atoms. The van der Waals surface area contributed by atoms with Crippen molar-refractivity contribution in [2.45, 2.75) is 45.7 Å². The predicted molar refractivity (Wildman–Crippen MR) is 114 cm³/mol. The number of aryl methyl sites for hydroxylation is 1. The highest BCUT2D eigenvalue weighted by molar-refractivity contribution is 6.07. The van der Waals surface area contributed by atoms with E-state index >= 15 is 0 Å². The van der Waals surface area contributed by atoms with Crippen LogP contribution in [0, 0.1) is 12.8 Å². The van der Waals surface area contributed by atoms with E-state index in [4.69, 9.17) is 4.42 Å². The monoisotopic (exact) mass is 422 g/mol. The number of carbonyl (C=O) groups excluding carboxylic acids is 3. The van der Waals surface area contributed by atoms with E-state index < -0.39 is 24.0 Å². The van der Waals surface area contributed by atoms with E-state index in [9.17, 15) is 14.4 Å². The molecule has 4 rings (SSSR count). The lowest BCUT2D eigenvalue weighted by molar-refractivity contribution is -0.138. The largest absolute Gasteiger partial charge is 0.467 e. The van der Waals surface area contributed by atoms with Crippen molar-refractivity contribution in [3.05, 3.63) is 59.5 Å². The van der Waals surface area contributed by atoms with Crippen LogP contribution in [-0.2, 0) is 9.59 Å². The van der Waals surface area contributed by atoms with Crippen molar-refractivity contribution < 1.29 is 18.8 Å². The second kappa shape index (κ2) is 8.37. The summed E-state index contributed by atoms with van der Waals surface area (Å²) in [6, 6.07) is 9.92. The molecule has 2 atom stereocenters. The lowest BCUT2D eigenvalue weighted by Crippen LogP contribution is -2.41. The summed E-state index contributed by atoms with van der Waals surface area (Å²) in [7, 11) is 0. The van der Waals surface area contributed by atoms with E-state index in [0.29, 0.717) is 18.6 Å². The van der Waals surface area contributed by atoms with Gasteiger partial charge in [-0.3, -0.25) is 14.5 Å². The van der Waals surface area contributed by atoms with Gasteiger partial charge in [-0.05, 0) is 37.0 Å². The molecular weight excluding hydrogens is 396 g/mol. The molecule has 8 heteroatoms. The number of benzene rings is 1. The van der Waals surface area contributed by atoms with Crippen LogP contribution >= 0.6 is 0 Å². The molecule has 0 saturated carbocycles. The number of urea groups is 1. The molecule has 31 heavy (non-hydrogen) atoms. The zero-order valence-corrected chi connectivity index (χ0v) is 17.9. The highest BCUT2D eigenvalue weighted by Gasteiger charge is 2.42. The van der Waals surface area contributed by atoms with Crippen LogP contribution in [-0.4, -0.2) is 46.1 Å². The van der Waals surface area contributed by atoms with Gasteiger partial charge in [-0.15, -0.1) is 0 Å². The number of imide groups is 1. The Labute approximate surface area is 180 Å². The molecule has 1 aromatic heterocycles. The van der Waals surface area contributed by atoms with Gasteiger partial charge in [0.05, 0.1) is 12.0 Å². The maximum absolute atomic E-state index is 13.2. The Kier molecular flexibility index (Phi) is 5.63. The summed E-state index contributed by atoms with van der Waals surface area (Å²) in [5, 5.41) is 8.57. The molecule has 1 aromatic carbocycles. The first-order valence-electron chi connectivity index (χ1n) is 10.5. The summed E-state index contributed by atoms with van der Waals surface area (Å²) in [5.41, 5.74) is 2.81. The minimum atomic E-state index is -0.591. The molecule has 0 spiro atoms. The SMILES string of the molecule is Cc1ccc(C2=NN(C(=O)CN3C(=O)NC(CC(C)C)C3=O)C(c3ccco3)C2)cc1. The molecule has 2 aliphatic rings. The summed E-state index contributed by atoms with van der Waals surface area (Å²) >= 11 is 0. The number of amides is 4. The van der Waals surface area contributed by atoms with Gasteiger partial charge in [0.2, 0.25) is 0 Å². The van der Waals surface area contributed by atoms with E-state index in [0.717, 1.165) is 21.7 Å². The number of furan rings is 1. The number of hydrogen-bond donors (Lipinski definition) is 1. The maximum atomic E-state index is 13.2. The fourth-order valence-electron chi connectivity index (χ4n) is 3.93. The van der Waals surface area contributed by atoms with Crippen molar-refractivity contribution in [3.8, 4) is 0 Å². The second-order valence-electron chi connectivity index (χ2n) is 8.44. The smallest absolute Gasteiger partial charge is 0.325 e. The molecule has 2 aromatic rings.